The fraction of sp³-hybridized carbons (Fsp3) is 0.238. The number of ether oxygens (including phenoxy) is 4. The summed E-state index contributed by atoms with van der Waals surface area (Å²) in [6.45, 7) is 6.32. The molecule has 1 aliphatic heterocycles. The third kappa shape index (κ3) is 12.3. The average Bonchev–Trinajstić information content (AvgIpc) is 3.18. The Morgan fingerprint density at radius 3 is 1.98 bits per heavy atom. The molecule has 0 N–H and O–H groups in total. The first-order valence-corrected chi connectivity index (χ1v) is 18.3. The molecule has 14 heteroatoms. The first-order valence-electron chi connectivity index (χ1n) is 17.5. The van der Waals surface area contributed by atoms with Crippen LogP contribution in [-0.4, -0.2) is 60.1 Å². The molecule has 1 aromatic heterocycles. The first kappa shape index (κ1) is 42.2. The lowest BCUT2D eigenvalue weighted by molar-refractivity contribution is -0.137. The molecular weight excluding hydrogens is 790 g/mol. The third-order valence-corrected chi connectivity index (χ3v) is 9.25. The van der Waals surface area contributed by atoms with Gasteiger partial charge in [0.2, 0.25) is 11.8 Å². The van der Waals surface area contributed by atoms with Crippen LogP contribution in [0.5, 0.6) is 28.9 Å². The Kier molecular flexibility index (Phi) is 14.9. The van der Waals surface area contributed by atoms with Crippen molar-refractivity contribution in [2.24, 2.45) is 0 Å². The topological polar surface area (TPSA) is 73.4 Å². The molecule has 6 rings (SSSR count). The highest BCUT2D eigenvalue weighted by atomic mass is 35.5. The number of amides is 1. The monoisotopic (exact) mass is 827 g/mol. The highest BCUT2D eigenvalue weighted by Gasteiger charge is 2.30. The number of nitrogens with zero attached hydrogens (tertiary/aromatic N) is 3. The van der Waals surface area contributed by atoms with Crippen LogP contribution >= 0.6 is 35.6 Å². The average molecular weight is 829 g/mol. The van der Waals surface area contributed by atoms with Gasteiger partial charge in [0.05, 0.1) is 16.8 Å². The summed E-state index contributed by atoms with van der Waals surface area (Å²) in [5.41, 5.74) is 2.54. The van der Waals surface area contributed by atoms with Gasteiger partial charge in [-0.1, -0.05) is 47.5 Å². The van der Waals surface area contributed by atoms with Crippen molar-refractivity contribution in [3.8, 4) is 28.9 Å². The number of pyridine rings is 1. The van der Waals surface area contributed by atoms with Gasteiger partial charge in [-0.2, -0.15) is 13.2 Å². The van der Waals surface area contributed by atoms with Crippen molar-refractivity contribution >= 4 is 47.6 Å². The standard InChI is InChI=1S/C42H38Cl2F3N3O5.ClH/c1-29-24-32(25-38(44)41(29)55-39-16-15-37(26-48-39)54-28-31-2-7-33(8-3-31)42(45,46)47)6-17-40(51)50-20-18-49(19-21-50)27-30-4-11-35(12-5-30)52-22-23-53-36-13-9-34(43)10-14-36;/h2-17,24-26H,18-23,27-28H2,1H3;1H. The van der Waals surface area contributed by atoms with Crippen LogP contribution in [0.15, 0.2) is 109 Å². The van der Waals surface area contributed by atoms with Gasteiger partial charge in [-0.3, -0.25) is 9.69 Å². The molecule has 56 heavy (non-hydrogen) atoms. The van der Waals surface area contributed by atoms with Gasteiger partial charge in [0.1, 0.15) is 37.1 Å². The van der Waals surface area contributed by atoms with Crippen molar-refractivity contribution in [3.63, 3.8) is 0 Å². The van der Waals surface area contributed by atoms with Crippen LogP contribution in [0.4, 0.5) is 13.2 Å². The minimum atomic E-state index is -4.39. The van der Waals surface area contributed by atoms with E-state index in [0.717, 1.165) is 54.4 Å². The molecule has 0 atom stereocenters. The number of carbonyl (C=O) groups is 1. The maximum Gasteiger partial charge on any atom is 0.416 e. The van der Waals surface area contributed by atoms with Gasteiger partial charge in [-0.05, 0) is 102 Å². The number of halogens is 6. The van der Waals surface area contributed by atoms with Crippen molar-refractivity contribution < 1.29 is 36.9 Å². The zero-order valence-corrected chi connectivity index (χ0v) is 32.6. The molecule has 0 unspecified atom stereocenters. The van der Waals surface area contributed by atoms with Crippen molar-refractivity contribution in [1.29, 1.82) is 0 Å². The van der Waals surface area contributed by atoms with Crippen LogP contribution in [0, 0.1) is 6.92 Å². The Morgan fingerprint density at radius 2 is 1.39 bits per heavy atom. The Hall–Kier alpha value is -4.94. The van der Waals surface area contributed by atoms with Crippen LogP contribution in [0.3, 0.4) is 0 Å². The molecule has 5 aromatic rings. The molecular formula is C42H39Cl3F3N3O5. The largest absolute Gasteiger partial charge is 0.490 e. The quantitative estimate of drug-likeness (QED) is 0.0815. The molecule has 1 aliphatic rings. The van der Waals surface area contributed by atoms with Crippen LogP contribution in [0.2, 0.25) is 10.0 Å². The van der Waals surface area contributed by atoms with Gasteiger partial charge in [0.25, 0.3) is 0 Å². The summed E-state index contributed by atoms with van der Waals surface area (Å²) in [5, 5.41) is 1.02. The molecule has 1 saturated heterocycles. The van der Waals surface area contributed by atoms with Gasteiger partial charge in [-0.25, -0.2) is 4.98 Å². The number of aromatic nitrogens is 1. The summed E-state index contributed by atoms with van der Waals surface area (Å²) in [5.74, 6) is 2.58. The normalized spacial score (nSPS) is 13.3. The molecule has 0 spiro atoms. The van der Waals surface area contributed by atoms with E-state index in [0.29, 0.717) is 53.4 Å². The van der Waals surface area contributed by atoms with E-state index in [4.69, 9.17) is 42.1 Å². The second-order valence-corrected chi connectivity index (χ2v) is 13.6. The lowest BCUT2D eigenvalue weighted by Crippen LogP contribution is -2.47. The van der Waals surface area contributed by atoms with Crippen molar-refractivity contribution in [1.82, 2.24) is 14.8 Å². The molecule has 8 nitrogen and oxygen atoms in total. The van der Waals surface area contributed by atoms with Crippen LogP contribution < -0.4 is 18.9 Å². The van der Waals surface area contributed by atoms with E-state index in [1.165, 1.54) is 23.9 Å². The van der Waals surface area contributed by atoms with Gasteiger partial charge >= 0.3 is 6.18 Å². The number of benzene rings is 4. The zero-order valence-electron chi connectivity index (χ0n) is 30.3. The molecule has 0 radical (unpaired) electrons. The van der Waals surface area contributed by atoms with Gasteiger partial charge in [-0.15, -0.1) is 12.4 Å². The molecule has 2 heterocycles. The van der Waals surface area contributed by atoms with Gasteiger partial charge in [0, 0.05) is 49.9 Å². The fourth-order valence-corrected chi connectivity index (χ4v) is 6.19. The number of hydrogen-bond donors (Lipinski definition) is 0. The molecule has 0 aliphatic carbocycles. The van der Waals surface area contributed by atoms with Crippen molar-refractivity contribution in [2.75, 3.05) is 39.4 Å². The molecule has 294 valence electrons. The number of alkyl halides is 3. The summed E-state index contributed by atoms with van der Waals surface area (Å²) in [6.07, 6.45) is 0.374. The number of piperazine rings is 1. The number of hydrogen-bond acceptors (Lipinski definition) is 7. The van der Waals surface area contributed by atoms with Crippen LogP contribution in [0.25, 0.3) is 6.08 Å². The number of carbonyl (C=O) groups excluding carboxylic acids is 1. The third-order valence-electron chi connectivity index (χ3n) is 8.72. The summed E-state index contributed by atoms with van der Waals surface area (Å²) in [4.78, 5) is 21.5. The van der Waals surface area contributed by atoms with Crippen LogP contribution in [0.1, 0.15) is 27.8 Å². The lowest BCUT2D eigenvalue weighted by Gasteiger charge is -2.34. The van der Waals surface area contributed by atoms with Gasteiger partial charge < -0.3 is 23.8 Å². The summed E-state index contributed by atoms with van der Waals surface area (Å²) < 4.78 is 61.5. The van der Waals surface area contributed by atoms with Crippen LogP contribution in [-0.2, 0) is 24.1 Å². The SMILES string of the molecule is Cc1cc(C=CC(=O)N2CCN(Cc3ccc(OCCOc4ccc(Cl)cc4)cc3)CC2)cc(Cl)c1Oc1ccc(OCc2ccc(C(F)(F)F)cc2)cn1.Cl. The van der Waals surface area contributed by atoms with Gasteiger partial charge in [0.15, 0.2) is 5.75 Å². The maximum atomic E-state index is 13.0. The Balaban J connectivity index is 0.00000600. The lowest BCUT2D eigenvalue weighted by atomic mass is 10.1. The van der Waals surface area contributed by atoms with E-state index in [-0.39, 0.29) is 30.8 Å². The maximum absolute atomic E-state index is 13.0. The molecule has 1 fully saturated rings. The van der Waals surface area contributed by atoms with E-state index in [9.17, 15) is 18.0 Å². The van der Waals surface area contributed by atoms with E-state index in [1.54, 1.807) is 42.5 Å². The highest BCUT2D eigenvalue weighted by Crippen LogP contribution is 2.34. The zero-order chi connectivity index (χ0) is 38.8. The second kappa shape index (κ2) is 19.8. The molecule has 1 amide bonds. The van der Waals surface area contributed by atoms with E-state index in [1.807, 2.05) is 42.2 Å². The Labute approximate surface area is 339 Å². The van der Waals surface area contributed by atoms with E-state index < -0.39 is 11.7 Å². The smallest absolute Gasteiger partial charge is 0.416 e. The number of aryl methyl sites for hydroxylation is 1. The molecule has 4 aromatic carbocycles. The summed E-state index contributed by atoms with van der Waals surface area (Å²) in [7, 11) is 0. The Morgan fingerprint density at radius 1 is 0.786 bits per heavy atom. The summed E-state index contributed by atoms with van der Waals surface area (Å²) in [6, 6.07) is 26.9. The predicted octanol–water partition coefficient (Wildman–Crippen LogP) is 10.3. The van der Waals surface area contributed by atoms with Crippen molar-refractivity contribution in [2.45, 2.75) is 26.3 Å². The fourth-order valence-electron chi connectivity index (χ4n) is 5.76. The minimum absolute atomic E-state index is 0. The predicted molar refractivity (Wildman–Crippen MR) is 213 cm³/mol. The number of rotatable bonds is 14. The van der Waals surface area contributed by atoms with E-state index >= 15 is 0 Å². The molecule has 0 bridgehead atoms. The first-order chi connectivity index (χ1) is 26.5. The van der Waals surface area contributed by atoms with E-state index in [2.05, 4.69) is 22.0 Å². The molecule has 0 saturated carbocycles. The Bertz CT molecular complexity index is 2040. The second-order valence-electron chi connectivity index (χ2n) is 12.8. The minimum Gasteiger partial charge on any atom is -0.490 e. The summed E-state index contributed by atoms with van der Waals surface area (Å²) >= 11 is 12.5. The van der Waals surface area contributed by atoms with Crippen molar-refractivity contribution in [3.05, 3.63) is 147 Å². The highest BCUT2D eigenvalue weighted by molar-refractivity contribution is 6.32.